The van der Waals surface area contributed by atoms with Gasteiger partial charge >= 0.3 is 0 Å². The van der Waals surface area contributed by atoms with Crippen molar-refractivity contribution in [2.75, 3.05) is 5.32 Å². The second-order valence-corrected chi connectivity index (χ2v) is 4.09. The predicted molar refractivity (Wildman–Crippen MR) is 69.4 cm³/mol. The lowest BCUT2D eigenvalue weighted by Crippen LogP contribution is -2.15. The van der Waals surface area contributed by atoms with Gasteiger partial charge in [-0.3, -0.25) is 9.78 Å². The fourth-order valence-corrected chi connectivity index (χ4v) is 1.66. The van der Waals surface area contributed by atoms with Gasteiger partial charge in [-0.05, 0) is 36.2 Å². The Morgan fingerprint density at radius 1 is 1.39 bits per heavy atom. The summed E-state index contributed by atoms with van der Waals surface area (Å²) in [6.07, 6.45) is 3.57. The molecule has 0 bridgehead atoms. The number of nitrogens with one attached hydrogen (secondary N) is 1. The Morgan fingerprint density at radius 3 is 2.94 bits per heavy atom. The molecule has 1 heterocycles. The smallest absolute Gasteiger partial charge is 0.228 e. The van der Waals surface area contributed by atoms with E-state index in [1.807, 2.05) is 6.92 Å². The Morgan fingerprint density at radius 2 is 2.22 bits per heavy atom. The molecule has 1 aromatic heterocycles. The maximum atomic E-state index is 11.8. The van der Waals surface area contributed by atoms with Gasteiger partial charge in [0.2, 0.25) is 5.91 Å². The fraction of sp³-hybridized carbons (Fsp3) is 0.143. The summed E-state index contributed by atoms with van der Waals surface area (Å²) in [7, 11) is 0. The lowest BCUT2D eigenvalue weighted by Gasteiger charge is -2.07. The van der Waals surface area contributed by atoms with Gasteiger partial charge in [-0.1, -0.05) is 12.1 Å². The molecule has 2 N–H and O–H groups in total. The molecule has 0 spiro atoms. The average Bonchev–Trinajstić information content (AvgIpc) is 2.32. The minimum Gasteiger partial charge on any atom is -0.508 e. The second kappa shape index (κ2) is 5.31. The molecule has 1 amide bonds. The maximum Gasteiger partial charge on any atom is 0.228 e. The van der Waals surface area contributed by atoms with Gasteiger partial charge in [0.25, 0.3) is 0 Å². The molecule has 92 valence electrons. The lowest BCUT2D eigenvalue weighted by atomic mass is 10.1. The first-order valence-electron chi connectivity index (χ1n) is 5.63. The number of hydrogen-bond acceptors (Lipinski definition) is 3. The summed E-state index contributed by atoms with van der Waals surface area (Å²) < 4.78 is 0. The molecule has 2 rings (SSSR count). The third kappa shape index (κ3) is 3.07. The van der Waals surface area contributed by atoms with Crippen molar-refractivity contribution in [2.24, 2.45) is 0 Å². The first-order chi connectivity index (χ1) is 8.65. The number of carbonyl (C=O) groups is 1. The molecule has 0 aliphatic rings. The molecule has 0 radical (unpaired) electrons. The summed E-state index contributed by atoms with van der Waals surface area (Å²) in [5, 5.41) is 12.1. The van der Waals surface area contributed by atoms with Crippen molar-refractivity contribution in [1.29, 1.82) is 0 Å². The molecule has 1 aromatic carbocycles. The number of aromatic hydroxyl groups is 1. The van der Waals surface area contributed by atoms with E-state index in [1.165, 1.54) is 0 Å². The van der Waals surface area contributed by atoms with Gasteiger partial charge in [0.05, 0.1) is 6.42 Å². The Balaban J connectivity index is 2.03. The zero-order valence-corrected chi connectivity index (χ0v) is 10.1. The van der Waals surface area contributed by atoms with E-state index in [-0.39, 0.29) is 18.1 Å². The number of hydrogen-bond donors (Lipinski definition) is 2. The minimum absolute atomic E-state index is 0.116. The van der Waals surface area contributed by atoms with Crippen molar-refractivity contribution in [1.82, 2.24) is 4.98 Å². The van der Waals surface area contributed by atoms with Crippen molar-refractivity contribution >= 4 is 11.6 Å². The van der Waals surface area contributed by atoms with E-state index >= 15 is 0 Å². The number of aryl methyl sites for hydroxylation is 1. The molecular weight excluding hydrogens is 228 g/mol. The zero-order chi connectivity index (χ0) is 13.0. The summed E-state index contributed by atoms with van der Waals surface area (Å²) in [5.41, 5.74) is 2.45. The van der Waals surface area contributed by atoms with Gasteiger partial charge in [0, 0.05) is 18.1 Å². The summed E-state index contributed by atoms with van der Waals surface area (Å²) in [4.78, 5) is 15.8. The van der Waals surface area contributed by atoms with Crippen LogP contribution in [0.4, 0.5) is 5.69 Å². The third-order valence-electron chi connectivity index (χ3n) is 2.57. The van der Waals surface area contributed by atoms with Crippen LogP contribution in [0.1, 0.15) is 11.1 Å². The van der Waals surface area contributed by atoms with Crippen LogP contribution in [0.25, 0.3) is 0 Å². The summed E-state index contributed by atoms with van der Waals surface area (Å²) >= 11 is 0. The van der Waals surface area contributed by atoms with E-state index in [0.717, 1.165) is 16.8 Å². The number of phenolic OH excluding ortho intramolecular Hbond substituents is 1. The van der Waals surface area contributed by atoms with Gasteiger partial charge in [-0.2, -0.15) is 0 Å². The number of amides is 1. The standard InChI is InChI=1S/C14H14N2O2/c1-10-9-15-6-5-13(10)16-14(18)8-11-3-2-4-12(17)7-11/h2-7,9,17H,8H2,1H3,(H,15,16,18). The molecule has 4 heteroatoms. The Labute approximate surface area is 105 Å². The van der Waals surface area contributed by atoms with Crippen molar-refractivity contribution in [3.05, 3.63) is 53.9 Å². The van der Waals surface area contributed by atoms with E-state index in [2.05, 4.69) is 10.3 Å². The van der Waals surface area contributed by atoms with Crippen LogP contribution in [0.3, 0.4) is 0 Å². The number of anilines is 1. The molecule has 18 heavy (non-hydrogen) atoms. The number of aromatic nitrogens is 1. The van der Waals surface area contributed by atoms with Gasteiger partial charge in [-0.25, -0.2) is 0 Å². The summed E-state index contributed by atoms with van der Waals surface area (Å²) in [6, 6.07) is 8.44. The quantitative estimate of drug-likeness (QED) is 0.868. The van der Waals surface area contributed by atoms with Crippen LogP contribution in [-0.2, 0) is 11.2 Å². The third-order valence-corrected chi connectivity index (χ3v) is 2.57. The molecule has 0 saturated heterocycles. The number of nitrogens with zero attached hydrogens (tertiary/aromatic N) is 1. The minimum atomic E-state index is -0.116. The molecule has 2 aromatic rings. The van der Waals surface area contributed by atoms with Gasteiger partial charge < -0.3 is 10.4 Å². The largest absolute Gasteiger partial charge is 0.508 e. The van der Waals surface area contributed by atoms with Gasteiger partial charge in [0.1, 0.15) is 5.75 Å². The molecular formula is C14H14N2O2. The summed E-state index contributed by atoms with van der Waals surface area (Å²) in [5.74, 6) is 0.0512. The Kier molecular flexibility index (Phi) is 3.57. The lowest BCUT2D eigenvalue weighted by molar-refractivity contribution is -0.115. The van der Waals surface area contributed by atoms with Crippen LogP contribution < -0.4 is 5.32 Å². The van der Waals surface area contributed by atoms with Crippen LogP contribution in [0.2, 0.25) is 0 Å². The number of pyridine rings is 1. The van der Waals surface area contributed by atoms with Crippen molar-refractivity contribution in [3.63, 3.8) is 0 Å². The number of phenols is 1. The first kappa shape index (κ1) is 12.1. The number of carbonyl (C=O) groups excluding carboxylic acids is 1. The van der Waals surface area contributed by atoms with Crippen molar-refractivity contribution in [2.45, 2.75) is 13.3 Å². The highest BCUT2D eigenvalue weighted by atomic mass is 16.3. The zero-order valence-electron chi connectivity index (χ0n) is 10.1. The van der Waals surface area contributed by atoms with E-state index in [1.54, 1.807) is 42.7 Å². The average molecular weight is 242 g/mol. The van der Waals surface area contributed by atoms with Gasteiger partial charge in [-0.15, -0.1) is 0 Å². The maximum absolute atomic E-state index is 11.8. The second-order valence-electron chi connectivity index (χ2n) is 4.09. The van der Waals surface area contributed by atoms with E-state index in [9.17, 15) is 9.90 Å². The molecule has 0 aliphatic carbocycles. The highest BCUT2D eigenvalue weighted by Gasteiger charge is 2.06. The molecule has 0 unspecified atom stereocenters. The van der Waals surface area contributed by atoms with Gasteiger partial charge in [0.15, 0.2) is 0 Å². The number of benzene rings is 1. The van der Waals surface area contributed by atoms with Crippen LogP contribution in [0.5, 0.6) is 5.75 Å². The molecule has 4 nitrogen and oxygen atoms in total. The van der Waals surface area contributed by atoms with E-state index in [4.69, 9.17) is 0 Å². The Bertz CT molecular complexity index is 567. The molecule has 0 fully saturated rings. The monoisotopic (exact) mass is 242 g/mol. The number of rotatable bonds is 3. The Hall–Kier alpha value is -2.36. The highest BCUT2D eigenvalue weighted by Crippen LogP contribution is 2.14. The molecule has 0 saturated carbocycles. The predicted octanol–water partition coefficient (Wildman–Crippen LogP) is 2.28. The normalized spacial score (nSPS) is 10.1. The van der Waals surface area contributed by atoms with Crippen LogP contribution in [-0.4, -0.2) is 16.0 Å². The van der Waals surface area contributed by atoms with Crippen molar-refractivity contribution < 1.29 is 9.90 Å². The van der Waals surface area contributed by atoms with Crippen LogP contribution in [0.15, 0.2) is 42.7 Å². The van der Waals surface area contributed by atoms with E-state index < -0.39 is 0 Å². The topological polar surface area (TPSA) is 62.2 Å². The van der Waals surface area contributed by atoms with Crippen LogP contribution in [0, 0.1) is 6.92 Å². The molecule has 0 aliphatic heterocycles. The van der Waals surface area contributed by atoms with Crippen LogP contribution >= 0.6 is 0 Å². The fourth-order valence-electron chi connectivity index (χ4n) is 1.66. The van der Waals surface area contributed by atoms with E-state index in [0.29, 0.717) is 0 Å². The SMILES string of the molecule is Cc1cnccc1NC(=O)Cc1cccc(O)c1. The molecule has 0 atom stereocenters. The highest BCUT2D eigenvalue weighted by molar-refractivity contribution is 5.92. The first-order valence-corrected chi connectivity index (χ1v) is 5.63. The summed E-state index contributed by atoms with van der Waals surface area (Å²) in [6.45, 7) is 1.89. The van der Waals surface area contributed by atoms with Crippen molar-refractivity contribution in [3.8, 4) is 5.75 Å².